The van der Waals surface area contributed by atoms with Gasteiger partial charge in [-0.2, -0.15) is 0 Å². The highest BCUT2D eigenvalue weighted by Crippen LogP contribution is 2.25. The molecular weight excluding hydrogens is 234 g/mol. The number of rotatable bonds is 3. The van der Waals surface area contributed by atoms with Crippen molar-refractivity contribution < 1.29 is 0 Å². The van der Waals surface area contributed by atoms with Gasteiger partial charge in [0.2, 0.25) is 0 Å². The zero-order valence-electron chi connectivity index (χ0n) is 11.2. The summed E-state index contributed by atoms with van der Waals surface area (Å²) in [7, 11) is 1.76. The van der Waals surface area contributed by atoms with E-state index in [1.165, 1.54) is 0 Å². The number of nitrogen functional groups attached to an aromatic ring is 1. The third-order valence-electron chi connectivity index (χ3n) is 2.83. The summed E-state index contributed by atoms with van der Waals surface area (Å²) in [6.07, 6.45) is 5.63. The Morgan fingerprint density at radius 1 is 1.26 bits per heavy atom. The summed E-state index contributed by atoms with van der Waals surface area (Å²) in [5.74, 6) is 0. The number of hydrogen-bond acceptors (Lipinski definition) is 3. The van der Waals surface area contributed by atoms with Gasteiger partial charge in [-0.15, -0.1) is 0 Å². The summed E-state index contributed by atoms with van der Waals surface area (Å²) in [6, 6.07) is 11.8. The molecule has 0 aliphatic rings. The van der Waals surface area contributed by atoms with Crippen LogP contribution in [0.25, 0.3) is 16.8 Å². The van der Waals surface area contributed by atoms with Crippen molar-refractivity contribution in [3.05, 3.63) is 54.2 Å². The molecule has 0 saturated carbocycles. The first-order valence-corrected chi connectivity index (χ1v) is 6.15. The molecule has 3 nitrogen and oxygen atoms in total. The first kappa shape index (κ1) is 13.0. The lowest BCUT2D eigenvalue weighted by Crippen LogP contribution is -1.93. The number of nitrogens with zero attached hydrogens (tertiary/aromatic N) is 2. The van der Waals surface area contributed by atoms with E-state index in [0.29, 0.717) is 0 Å². The van der Waals surface area contributed by atoms with Crippen molar-refractivity contribution in [2.45, 2.75) is 6.92 Å². The monoisotopic (exact) mass is 251 g/mol. The fourth-order valence-corrected chi connectivity index (χ4v) is 1.95. The number of aliphatic imine (C=N–C) groups is 1. The summed E-state index contributed by atoms with van der Waals surface area (Å²) in [5.41, 5.74) is 10.7. The normalized spacial score (nSPS) is 12.0. The molecule has 2 N–H and O–H groups in total. The van der Waals surface area contributed by atoms with Gasteiger partial charge in [-0.25, -0.2) is 0 Å². The predicted octanol–water partition coefficient (Wildman–Crippen LogP) is 3.43. The largest absolute Gasteiger partial charge is 0.399 e. The van der Waals surface area contributed by atoms with Gasteiger partial charge in [0.1, 0.15) is 0 Å². The molecule has 0 aliphatic carbocycles. The first-order valence-electron chi connectivity index (χ1n) is 6.15. The molecule has 0 fully saturated rings. The van der Waals surface area contributed by atoms with Crippen molar-refractivity contribution in [1.82, 2.24) is 4.98 Å². The van der Waals surface area contributed by atoms with Gasteiger partial charge in [-0.3, -0.25) is 9.98 Å². The molecule has 0 atom stereocenters. The van der Waals surface area contributed by atoms with Gasteiger partial charge < -0.3 is 5.73 Å². The Hall–Kier alpha value is -2.42. The standard InChI is InChI=1S/C16H17N3/c1-3-12(11-18-2)13-8-14(10-15(17)9-13)16-6-4-5-7-19-16/h3-11H,17H2,1-2H3/b12-3+,18-11?. The molecule has 2 aromatic rings. The molecule has 0 amide bonds. The Bertz CT molecular complexity index is 613. The van der Waals surface area contributed by atoms with Gasteiger partial charge in [0.25, 0.3) is 0 Å². The van der Waals surface area contributed by atoms with Gasteiger partial charge in [-0.1, -0.05) is 12.1 Å². The topological polar surface area (TPSA) is 51.3 Å². The second kappa shape index (κ2) is 5.96. The third-order valence-corrected chi connectivity index (χ3v) is 2.83. The number of allylic oxidation sites excluding steroid dienone is 2. The van der Waals surface area contributed by atoms with E-state index in [0.717, 1.165) is 28.1 Å². The number of pyridine rings is 1. The van der Waals surface area contributed by atoms with Crippen LogP contribution in [0.4, 0.5) is 5.69 Å². The smallest absolute Gasteiger partial charge is 0.0702 e. The molecular formula is C16H17N3. The zero-order chi connectivity index (χ0) is 13.7. The summed E-state index contributed by atoms with van der Waals surface area (Å²) >= 11 is 0. The van der Waals surface area contributed by atoms with Gasteiger partial charge in [0, 0.05) is 30.7 Å². The van der Waals surface area contributed by atoms with E-state index in [4.69, 9.17) is 5.73 Å². The van der Waals surface area contributed by atoms with Crippen LogP contribution in [0, 0.1) is 0 Å². The Balaban J connectivity index is 2.52. The molecule has 96 valence electrons. The van der Waals surface area contributed by atoms with Crippen molar-refractivity contribution in [2.75, 3.05) is 12.8 Å². The average molecular weight is 251 g/mol. The highest BCUT2D eigenvalue weighted by molar-refractivity contribution is 6.10. The fraction of sp³-hybridized carbons (Fsp3) is 0.125. The van der Waals surface area contributed by atoms with E-state index in [9.17, 15) is 0 Å². The second-order valence-electron chi connectivity index (χ2n) is 4.19. The molecule has 1 aromatic heterocycles. The maximum absolute atomic E-state index is 5.99. The minimum absolute atomic E-state index is 0.724. The minimum atomic E-state index is 0.724. The molecule has 0 aliphatic heterocycles. The summed E-state index contributed by atoms with van der Waals surface area (Å²) in [5, 5.41) is 0. The van der Waals surface area contributed by atoms with E-state index in [2.05, 4.69) is 16.0 Å². The quantitative estimate of drug-likeness (QED) is 0.671. The Morgan fingerprint density at radius 2 is 2.11 bits per heavy atom. The van der Waals surface area contributed by atoms with Crippen LogP contribution in [0.3, 0.4) is 0 Å². The predicted molar refractivity (Wildman–Crippen MR) is 82.2 cm³/mol. The number of nitrogens with two attached hydrogens (primary N) is 1. The summed E-state index contributed by atoms with van der Waals surface area (Å²) < 4.78 is 0. The lowest BCUT2D eigenvalue weighted by molar-refractivity contribution is 1.32. The number of anilines is 1. The lowest BCUT2D eigenvalue weighted by atomic mass is 10.0. The number of hydrogen-bond donors (Lipinski definition) is 1. The van der Waals surface area contributed by atoms with Gasteiger partial charge >= 0.3 is 0 Å². The number of benzene rings is 1. The molecule has 0 bridgehead atoms. The molecule has 19 heavy (non-hydrogen) atoms. The van der Waals surface area contributed by atoms with Gasteiger partial charge in [0.15, 0.2) is 0 Å². The molecule has 1 heterocycles. The van der Waals surface area contributed by atoms with Crippen LogP contribution >= 0.6 is 0 Å². The van der Waals surface area contributed by atoms with Crippen molar-refractivity contribution in [2.24, 2.45) is 4.99 Å². The maximum Gasteiger partial charge on any atom is 0.0702 e. The van der Waals surface area contributed by atoms with Crippen molar-refractivity contribution >= 4 is 17.5 Å². The molecule has 0 radical (unpaired) electrons. The van der Waals surface area contributed by atoms with E-state index in [1.54, 1.807) is 13.2 Å². The molecule has 0 spiro atoms. The molecule has 0 saturated heterocycles. The van der Waals surface area contributed by atoms with Crippen LogP contribution in [0.5, 0.6) is 0 Å². The van der Waals surface area contributed by atoms with Crippen molar-refractivity contribution in [3.63, 3.8) is 0 Å². The van der Waals surface area contributed by atoms with Crippen LogP contribution in [-0.4, -0.2) is 18.2 Å². The molecule has 0 unspecified atom stereocenters. The Morgan fingerprint density at radius 3 is 2.74 bits per heavy atom. The second-order valence-corrected chi connectivity index (χ2v) is 4.19. The SMILES string of the molecule is C/C=C(\C=NC)c1cc(N)cc(-c2ccccn2)c1. The van der Waals surface area contributed by atoms with E-state index < -0.39 is 0 Å². The highest BCUT2D eigenvalue weighted by atomic mass is 14.7. The molecule has 3 heteroatoms. The van der Waals surface area contributed by atoms with Crippen LogP contribution in [0.15, 0.2) is 53.7 Å². The zero-order valence-corrected chi connectivity index (χ0v) is 11.2. The van der Waals surface area contributed by atoms with E-state index >= 15 is 0 Å². The van der Waals surface area contributed by atoms with Crippen LogP contribution < -0.4 is 5.73 Å². The van der Waals surface area contributed by atoms with Gasteiger partial charge in [-0.05, 0) is 48.4 Å². The summed E-state index contributed by atoms with van der Waals surface area (Å²) in [6.45, 7) is 1.99. The van der Waals surface area contributed by atoms with Gasteiger partial charge in [0.05, 0.1) is 5.69 Å². The van der Waals surface area contributed by atoms with E-state index in [-0.39, 0.29) is 0 Å². The third kappa shape index (κ3) is 3.07. The van der Waals surface area contributed by atoms with Crippen molar-refractivity contribution in [3.8, 4) is 11.3 Å². The van der Waals surface area contributed by atoms with Crippen LogP contribution in [0.2, 0.25) is 0 Å². The lowest BCUT2D eigenvalue weighted by Gasteiger charge is -2.07. The van der Waals surface area contributed by atoms with Crippen molar-refractivity contribution in [1.29, 1.82) is 0 Å². The van der Waals surface area contributed by atoms with Crippen LogP contribution in [-0.2, 0) is 0 Å². The number of aromatic nitrogens is 1. The minimum Gasteiger partial charge on any atom is -0.399 e. The Labute approximate surface area is 113 Å². The first-order chi connectivity index (χ1) is 9.24. The fourth-order valence-electron chi connectivity index (χ4n) is 1.95. The average Bonchev–Trinajstić information content (AvgIpc) is 2.45. The molecule has 2 rings (SSSR count). The van der Waals surface area contributed by atoms with Crippen LogP contribution in [0.1, 0.15) is 12.5 Å². The Kier molecular flexibility index (Phi) is 4.08. The summed E-state index contributed by atoms with van der Waals surface area (Å²) in [4.78, 5) is 8.42. The maximum atomic E-state index is 5.99. The van der Waals surface area contributed by atoms with E-state index in [1.807, 2.05) is 49.5 Å². The highest BCUT2D eigenvalue weighted by Gasteiger charge is 2.05. The molecule has 1 aromatic carbocycles.